The minimum atomic E-state index is -0.448. The molecule has 1 unspecified atom stereocenters. The Kier molecular flexibility index (Phi) is 5.32. The third-order valence-electron chi connectivity index (χ3n) is 4.41. The Bertz CT molecular complexity index is 809. The lowest BCUT2D eigenvalue weighted by molar-refractivity contribution is -0.384. The van der Waals surface area contributed by atoms with Crippen molar-refractivity contribution in [3.8, 4) is 11.1 Å². The van der Waals surface area contributed by atoms with Gasteiger partial charge in [0.25, 0.3) is 11.6 Å². The van der Waals surface area contributed by atoms with Gasteiger partial charge in [0.2, 0.25) is 0 Å². The number of rotatable bonds is 6. The van der Waals surface area contributed by atoms with E-state index in [-0.39, 0.29) is 23.7 Å². The molecule has 1 aromatic heterocycles. The van der Waals surface area contributed by atoms with Crippen LogP contribution in [0, 0.1) is 10.1 Å². The SMILES string of the molecule is CC(C)n1cc(-c2cc(C(=O)NCC3CCCO3)ccc2[N+](=O)[O-])cn1. The largest absolute Gasteiger partial charge is 0.376 e. The minimum absolute atomic E-state index is 0.0424. The van der Waals surface area contributed by atoms with Crippen LogP contribution >= 0.6 is 0 Å². The van der Waals surface area contributed by atoms with Gasteiger partial charge in [-0.3, -0.25) is 19.6 Å². The Morgan fingerprint density at radius 2 is 2.31 bits per heavy atom. The van der Waals surface area contributed by atoms with Crippen molar-refractivity contribution in [2.75, 3.05) is 13.2 Å². The van der Waals surface area contributed by atoms with Crippen molar-refractivity contribution >= 4 is 11.6 Å². The molecular weight excluding hydrogens is 336 g/mol. The number of nitro benzene ring substituents is 1. The van der Waals surface area contributed by atoms with Crippen LogP contribution in [0.2, 0.25) is 0 Å². The molecule has 8 heteroatoms. The Hall–Kier alpha value is -2.74. The van der Waals surface area contributed by atoms with Gasteiger partial charge in [0, 0.05) is 42.6 Å². The number of hydrogen-bond donors (Lipinski definition) is 1. The second-order valence-corrected chi connectivity index (χ2v) is 6.64. The van der Waals surface area contributed by atoms with Crippen molar-refractivity contribution in [3.63, 3.8) is 0 Å². The van der Waals surface area contributed by atoms with Gasteiger partial charge in [-0.1, -0.05) is 0 Å². The molecule has 1 aromatic carbocycles. The van der Waals surface area contributed by atoms with E-state index in [4.69, 9.17) is 4.74 Å². The molecule has 2 aromatic rings. The molecule has 1 saturated heterocycles. The van der Waals surface area contributed by atoms with E-state index in [1.165, 1.54) is 12.1 Å². The average Bonchev–Trinajstić information content (AvgIpc) is 3.30. The number of hydrogen-bond acceptors (Lipinski definition) is 5. The fraction of sp³-hybridized carbons (Fsp3) is 0.444. The first kappa shape index (κ1) is 18.1. The van der Waals surface area contributed by atoms with Crippen LogP contribution in [-0.2, 0) is 4.74 Å². The van der Waals surface area contributed by atoms with Gasteiger partial charge in [-0.05, 0) is 38.8 Å². The van der Waals surface area contributed by atoms with Crippen molar-refractivity contribution in [1.29, 1.82) is 0 Å². The number of nitro groups is 1. The summed E-state index contributed by atoms with van der Waals surface area (Å²) in [5.74, 6) is -0.270. The van der Waals surface area contributed by atoms with E-state index in [2.05, 4.69) is 10.4 Å². The number of carbonyl (C=O) groups is 1. The van der Waals surface area contributed by atoms with Crippen LogP contribution in [0.1, 0.15) is 43.1 Å². The zero-order chi connectivity index (χ0) is 18.7. The molecule has 0 aliphatic carbocycles. The maximum absolute atomic E-state index is 12.4. The minimum Gasteiger partial charge on any atom is -0.376 e. The Morgan fingerprint density at radius 1 is 1.50 bits per heavy atom. The van der Waals surface area contributed by atoms with Crippen LogP contribution in [0.3, 0.4) is 0 Å². The van der Waals surface area contributed by atoms with Crippen molar-refractivity contribution in [2.45, 2.75) is 38.8 Å². The van der Waals surface area contributed by atoms with E-state index in [9.17, 15) is 14.9 Å². The molecule has 0 saturated carbocycles. The maximum Gasteiger partial charge on any atom is 0.277 e. The molecule has 1 N–H and O–H groups in total. The molecule has 1 amide bonds. The molecule has 1 atom stereocenters. The summed E-state index contributed by atoms with van der Waals surface area (Å²) >= 11 is 0. The molecule has 0 radical (unpaired) electrons. The third-order valence-corrected chi connectivity index (χ3v) is 4.41. The highest BCUT2D eigenvalue weighted by Crippen LogP contribution is 2.31. The van der Waals surface area contributed by atoms with Gasteiger partial charge in [-0.2, -0.15) is 5.10 Å². The molecule has 138 valence electrons. The number of benzene rings is 1. The van der Waals surface area contributed by atoms with E-state index >= 15 is 0 Å². The molecule has 0 spiro atoms. The van der Waals surface area contributed by atoms with Crippen LogP contribution in [0.25, 0.3) is 11.1 Å². The molecule has 3 rings (SSSR count). The number of carbonyl (C=O) groups excluding carboxylic acids is 1. The van der Waals surface area contributed by atoms with Crippen LogP contribution in [0.5, 0.6) is 0 Å². The molecule has 1 fully saturated rings. The molecular formula is C18H22N4O4. The summed E-state index contributed by atoms with van der Waals surface area (Å²) in [7, 11) is 0. The van der Waals surface area contributed by atoms with Crippen molar-refractivity contribution in [2.24, 2.45) is 0 Å². The molecule has 1 aliphatic heterocycles. The van der Waals surface area contributed by atoms with Crippen molar-refractivity contribution in [1.82, 2.24) is 15.1 Å². The number of aromatic nitrogens is 2. The zero-order valence-electron chi connectivity index (χ0n) is 14.8. The predicted molar refractivity (Wildman–Crippen MR) is 96.0 cm³/mol. The molecule has 26 heavy (non-hydrogen) atoms. The van der Waals surface area contributed by atoms with Crippen LogP contribution in [0.4, 0.5) is 5.69 Å². The normalized spacial score (nSPS) is 16.8. The van der Waals surface area contributed by atoms with Crippen LogP contribution in [0.15, 0.2) is 30.6 Å². The van der Waals surface area contributed by atoms with E-state index in [0.29, 0.717) is 23.2 Å². The van der Waals surface area contributed by atoms with Gasteiger partial charge >= 0.3 is 0 Å². The van der Waals surface area contributed by atoms with Gasteiger partial charge in [-0.15, -0.1) is 0 Å². The summed E-state index contributed by atoms with van der Waals surface area (Å²) in [5.41, 5.74) is 1.32. The fourth-order valence-corrected chi connectivity index (χ4v) is 2.94. The van der Waals surface area contributed by atoms with Crippen LogP contribution in [-0.4, -0.2) is 39.9 Å². The lowest BCUT2D eigenvalue weighted by Crippen LogP contribution is -2.31. The van der Waals surface area contributed by atoms with Crippen LogP contribution < -0.4 is 5.32 Å². The van der Waals surface area contributed by atoms with Gasteiger partial charge in [-0.25, -0.2) is 0 Å². The molecule has 2 heterocycles. The Morgan fingerprint density at radius 3 is 2.92 bits per heavy atom. The lowest BCUT2D eigenvalue weighted by Gasteiger charge is -2.11. The standard InChI is InChI=1S/C18H22N4O4/c1-12(2)21-11-14(9-20-21)16-8-13(5-6-17(16)22(24)25)18(23)19-10-15-4-3-7-26-15/h5-6,8-9,11-12,15H,3-4,7,10H2,1-2H3,(H,19,23). The van der Waals surface area contributed by atoms with E-state index < -0.39 is 4.92 Å². The van der Waals surface area contributed by atoms with E-state index in [1.54, 1.807) is 23.1 Å². The first-order valence-electron chi connectivity index (χ1n) is 8.68. The Balaban J connectivity index is 1.85. The summed E-state index contributed by atoms with van der Waals surface area (Å²) in [6.45, 7) is 5.11. The Labute approximate surface area is 151 Å². The molecule has 8 nitrogen and oxygen atoms in total. The lowest BCUT2D eigenvalue weighted by atomic mass is 10.0. The summed E-state index contributed by atoms with van der Waals surface area (Å²) in [6, 6.07) is 4.52. The average molecular weight is 358 g/mol. The van der Waals surface area contributed by atoms with Crippen molar-refractivity contribution < 1.29 is 14.5 Å². The fourth-order valence-electron chi connectivity index (χ4n) is 2.94. The van der Waals surface area contributed by atoms with Gasteiger partial charge in [0.1, 0.15) is 0 Å². The topological polar surface area (TPSA) is 99.3 Å². The summed E-state index contributed by atoms with van der Waals surface area (Å²) < 4.78 is 7.22. The van der Waals surface area contributed by atoms with Gasteiger partial charge in [0.05, 0.1) is 22.8 Å². The van der Waals surface area contributed by atoms with E-state index in [1.807, 2.05) is 13.8 Å². The van der Waals surface area contributed by atoms with E-state index in [0.717, 1.165) is 19.4 Å². The predicted octanol–water partition coefficient (Wildman–Crippen LogP) is 2.95. The monoisotopic (exact) mass is 358 g/mol. The molecule has 1 aliphatic rings. The summed E-state index contributed by atoms with van der Waals surface area (Å²) in [6.07, 6.45) is 5.31. The first-order chi connectivity index (χ1) is 12.5. The van der Waals surface area contributed by atoms with Gasteiger partial charge < -0.3 is 10.1 Å². The highest BCUT2D eigenvalue weighted by atomic mass is 16.6. The summed E-state index contributed by atoms with van der Waals surface area (Å²) in [4.78, 5) is 23.4. The maximum atomic E-state index is 12.4. The second kappa shape index (κ2) is 7.65. The smallest absolute Gasteiger partial charge is 0.277 e. The summed E-state index contributed by atoms with van der Waals surface area (Å²) in [5, 5.41) is 18.4. The third kappa shape index (κ3) is 3.91. The highest BCUT2D eigenvalue weighted by molar-refractivity contribution is 5.96. The molecule has 0 bridgehead atoms. The van der Waals surface area contributed by atoms with Gasteiger partial charge in [0.15, 0.2) is 0 Å². The van der Waals surface area contributed by atoms with Crippen molar-refractivity contribution in [3.05, 3.63) is 46.3 Å². The number of amides is 1. The zero-order valence-corrected chi connectivity index (χ0v) is 14.8. The number of nitrogens with one attached hydrogen (secondary N) is 1. The second-order valence-electron chi connectivity index (χ2n) is 6.64. The number of nitrogens with zero attached hydrogens (tertiary/aromatic N) is 3. The quantitative estimate of drug-likeness (QED) is 0.632. The highest BCUT2D eigenvalue weighted by Gasteiger charge is 2.21. The number of ether oxygens (including phenoxy) is 1. The first-order valence-corrected chi connectivity index (χ1v) is 8.68.